The Morgan fingerprint density at radius 1 is 1.22 bits per heavy atom. The molecule has 3 aromatic heterocycles. The highest BCUT2D eigenvalue weighted by Crippen LogP contribution is 2.36. The van der Waals surface area contributed by atoms with E-state index in [1.54, 1.807) is 6.33 Å². The van der Waals surface area contributed by atoms with Crippen molar-refractivity contribution in [3.8, 4) is 0 Å². The predicted octanol–water partition coefficient (Wildman–Crippen LogP) is 3.66. The molecule has 4 aromatic rings. The molecule has 4 heterocycles. The number of aryl methyl sites for hydroxylation is 1. The predicted molar refractivity (Wildman–Crippen MR) is 102 cm³/mol. The summed E-state index contributed by atoms with van der Waals surface area (Å²) in [6.07, 6.45) is 5.41. The lowest BCUT2D eigenvalue weighted by atomic mass is 10.00. The van der Waals surface area contributed by atoms with Gasteiger partial charge < -0.3 is 9.40 Å². The van der Waals surface area contributed by atoms with E-state index in [1.165, 1.54) is 5.69 Å². The number of aromatic amines is 1. The molecule has 136 valence electrons. The van der Waals surface area contributed by atoms with Crippen LogP contribution in [0.4, 0.5) is 0 Å². The zero-order valence-electron chi connectivity index (χ0n) is 15.2. The summed E-state index contributed by atoms with van der Waals surface area (Å²) in [5.74, 6) is 1.80. The van der Waals surface area contributed by atoms with Gasteiger partial charge in [0.2, 0.25) is 0 Å². The van der Waals surface area contributed by atoms with Gasteiger partial charge in [-0.1, -0.05) is 25.1 Å². The summed E-state index contributed by atoms with van der Waals surface area (Å²) in [6.45, 7) is 3.74. The molecule has 0 saturated carbocycles. The lowest BCUT2D eigenvalue weighted by Gasteiger charge is -2.33. The molecule has 0 bridgehead atoms. The van der Waals surface area contributed by atoms with Gasteiger partial charge in [-0.2, -0.15) is 0 Å². The van der Waals surface area contributed by atoms with Gasteiger partial charge in [0.05, 0.1) is 17.7 Å². The maximum absolute atomic E-state index is 6.22. The molecule has 6 nitrogen and oxygen atoms in total. The van der Waals surface area contributed by atoms with Gasteiger partial charge in [0.15, 0.2) is 0 Å². The average Bonchev–Trinajstić information content (AvgIpc) is 3.34. The van der Waals surface area contributed by atoms with Crippen molar-refractivity contribution in [3.05, 3.63) is 77.6 Å². The minimum absolute atomic E-state index is 0.0209. The van der Waals surface area contributed by atoms with E-state index in [1.807, 2.05) is 30.5 Å². The molecule has 5 rings (SSSR count). The smallest absolute Gasteiger partial charge is 0.134 e. The van der Waals surface area contributed by atoms with Crippen LogP contribution >= 0.6 is 0 Å². The van der Waals surface area contributed by atoms with Gasteiger partial charge in [0.1, 0.15) is 23.2 Å². The molecule has 1 aliphatic rings. The Balaban J connectivity index is 1.55. The summed E-state index contributed by atoms with van der Waals surface area (Å²) in [4.78, 5) is 19.3. The summed E-state index contributed by atoms with van der Waals surface area (Å²) in [6, 6.07) is 12.2. The summed E-state index contributed by atoms with van der Waals surface area (Å²) in [5, 5.41) is 1.12. The molecule has 0 radical (unpaired) electrons. The summed E-state index contributed by atoms with van der Waals surface area (Å²) in [5.41, 5.74) is 4.17. The van der Waals surface area contributed by atoms with Crippen LogP contribution in [0.25, 0.3) is 11.0 Å². The molecule has 1 N–H and O–H groups in total. The number of aromatic nitrogens is 4. The molecule has 6 heteroatoms. The lowest BCUT2D eigenvalue weighted by molar-refractivity contribution is 0.179. The summed E-state index contributed by atoms with van der Waals surface area (Å²) in [7, 11) is 0. The number of H-pyrrole nitrogens is 1. The second-order valence-electron chi connectivity index (χ2n) is 6.89. The molecule has 0 aliphatic carbocycles. The van der Waals surface area contributed by atoms with Gasteiger partial charge in [-0.05, 0) is 18.2 Å². The third kappa shape index (κ3) is 2.92. The normalized spacial score (nSPS) is 17.3. The molecule has 0 spiro atoms. The van der Waals surface area contributed by atoms with Crippen LogP contribution in [0.5, 0.6) is 0 Å². The number of furan rings is 1. The van der Waals surface area contributed by atoms with Crippen LogP contribution in [0.15, 0.2) is 53.3 Å². The van der Waals surface area contributed by atoms with E-state index in [0.717, 1.165) is 59.9 Å². The summed E-state index contributed by atoms with van der Waals surface area (Å²) >= 11 is 0. The van der Waals surface area contributed by atoms with Crippen LogP contribution in [-0.2, 0) is 19.4 Å². The number of imidazole rings is 1. The zero-order valence-corrected chi connectivity index (χ0v) is 15.2. The molecule has 27 heavy (non-hydrogen) atoms. The molecule has 0 amide bonds. The van der Waals surface area contributed by atoms with Gasteiger partial charge in [-0.15, -0.1) is 0 Å². The number of hydrogen-bond acceptors (Lipinski definition) is 5. The Morgan fingerprint density at radius 3 is 3.04 bits per heavy atom. The van der Waals surface area contributed by atoms with Crippen LogP contribution in [0.1, 0.15) is 41.6 Å². The highest BCUT2D eigenvalue weighted by Gasteiger charge is 2.33. The third-order valence-corrected chi connectivity index (χ3v) is 5.18. The Morgan fingerprint density at radius 2 is 2.15 bits per heavy atom. The molecule has 1 aromatic carbocycles. The number of rotatable bonds is 4. The van der Waals surface area contributed by atoms with Crippen molar-refractivity contribution in [3.63, 3.8) is 0 Å². The fourth-order valence-corrected chi connectivity index (χ4v) is 3.85. The first kappa shape index (κ1) is 16.2. The highest BCUT2D eigenvalue weighted by atomic mass is 16.3. The molecule has 1 atom stereocenters. The average molecular weight is 359 g/mol. The van der Waals surface area contributed by atoms with Crippen molar-refractivity contribution in [2.24, 2.45) is 0 Å². The molecule has 0 fully saturated rings. The molecular formula is C21H21N5O. The quantitative estimate of drug-likeness (QED) is 0.602. The van der Waals surface area contributed by atoms with Crippen molar-refractivity contribution >= 4 is 11.0 Å². The molecule has 0 unspecified atom stereocenters. The second-order valence-corrected chi connectivity index (χ2v) is 6.89. The Hall–Kier alpha value is -2.99. The Bertz CT molecular complexity index is 1050. The second kappa shape index (κ2) is 6.63. The molecular weight excluding hydrogens is 338 g/mol. The Kier molecular flexibility index (Phi) is 3.98. The standard InChI is InChI=1S/C21H21N5O/c1-2-19-22-9-7-15(25-19)12-26-10-8-16-20(24-13-23-16)21(26)18-11-14-5-3-4-6-17(14)27-18/h3-7,9,11,13,21H,2,8,10,12H2,1H3,(H,23,24)/t21-/m1/s1. The number of nitrogens with zero attached hydrogens (tertiary/aromatic N) is 4. The van der Waals surface area contributed by atoms with E-state index in [0.29, 0.717) is 0 Å². The topological polar surface area (TPSA) is 70.8 Å². The monoisotopic (exact) mass is 359 g/mol. The van der Waals surface area contributed by atoms with Gasteiger partial charge in [-0.25, -0.2) is 15.0 Å². The van der Waals surface area contributed by atoms with Crippen LogP contribution in [0.2, 0.25) is 0 Å². The first-order valence-electron chi connectivity index (χ1n) is 9.37. The Labute approximate surface area is 157 Å². The third-order valence-electron chi connectivity index (χ3n) is 5.18. The number of fused-ring (bicyclic) bond motifs is 2. The van der Waals surface area contributed by atoms with E-state index in [2.05, 4.69) is 43.9 Å². The van der Waals surface area contributed by atoms with Crippen LogP contribution in [0.3, 0.4) is 0 Å². The van der Waals surface area contributed by atoms with E-state index >= 15 is 0 Å². The van der Waals surface area contributed by atoms with Crippen LogP contribution in [-0.4, -0.2) is 31.4 Å². The van der Waals surface area contributed by atoms with Gasteiger partial charge in [-0.3, -0.25) is 4.90 Å². The number of benzene rings is 1. The van der Waals surface area contributed by atoms with E-state index in [4.69, 9.17) is 4.42 Å². The fraction of sp³-hybridized carbons (Fsp3) is 0.286. The number of hydrogen-bond donors (Lipinski definition) is 1. The molecule has 0 saturated heterocycles. The van der Waals surface area contributed by atoms with Crippen LogP contribution in [0, 0.1) is 0 Å². The summed E-state index contributed by atoms with van der Waals surface area (Å²) < 4.78 is 6.22. The first-order chi connectivity index (χ1) is 13.3. The zero-order chi connectivity index (χ0) is 18.2. The van der Waals surface area contributed by atoms with Gasteiger partial charge in [0, 0.05) is 43.2 Å². The van der Waals surface area contributed by atoms with Crippen molar-refractivity contribution in [2.75, 3.05) is 6.54 Å². The minimum atomic E-state index is -0.0209. The van der Waals surface area contributed by atoms with E-state index in [-0.39, 0.29) is 6.04 Å². The van der Waals surface area contributed by atoms with Crippen molar-refractivity contribution < 1.29 is 4.42 Å². The first-order valence-corrected chi connectivity index (χ1v) is 9.37. The SMILES string of the molecule is CCc1nccc(CN2CCc3[nH]cnc3[C@H]2c2cc3ccccc3o2)n1. The van der Waals surface area contributed by atoms with Gasteiger partial charge >= 0.3 is 0 Å². The maximum Gasteiger partial charge on any atom is 0.134 e. The molecule has 1 aliphatic heterocycles. The van der Waals surface area contributed by atoms with Crippen molar-refractivity contribution in [1.29, 1.82) is 0 Å². The lowest BCUT2D eigenvalue weighted by Crippen LogP contribution is -2.36. The maximum atomic E-state index is 6.22. The van der Waals surface area contributed by atoms with Crippen molar-refractivity contribution in [2.45, 2.75) is 32.4 Å². The minimum Gasteiger partial charge on any atom is -0.459 e. The number of para-hydroxylation sites is 1. The fourth-order valence-electron chi connectivity index (χ4n) is 3.85. The highest BCUT2D eigenvalue weighted by molar-refractivity contribution is 5.78. The van der Waals surface area contributed by atoms with E-state index < -0.39 is 0 Å². The van der Waals surface area contributed by atoms with E-state index in [9.17, 15) is 0 Å². The van der Waals surface area contributed by atoms with Gasteiger partial charge in [0.25, 0.3) is 0 Å². The van der Waals surface area contributed by atoms with Crippen LogP contribution < -0.4 is 0 Å². The number of nitrogens with one attached hydrogen (secondary N) is 1. The van der Waals surface area contributed by atoms with Crippen molar-refractivity contribution in [1.82, 2.24) is 24.8 Å². The largest absolute Gasteiger partial charge is 0.459 e.